The number of aromatic nitrogens is 1. The van der Waals surface area contributed by atoms with E-state index in [1.165, 1.54) is 4.70 Å². The van der Waals surface area contributed by atoms with Crippen LogP contribution in [0.3, 0.4) is 0 Å². The Bertz CT molecular complexity index is 875. The third-order valence-electron chi connectivity index (χ3n) is 3.24. The van der Waals surface area contributed by atoms with Gasteiger partial charge in [-0.2, -0.15) is 0 Å². The first kappa shape index (κ1) is 12.8. The molecule has 2 nitrogen and oxygen atoms in total. The highest BCUT2D eigenvalue weighted by Gasteiger charge is 2.11. The van der Waals surface area contributed by atoms with E-state index in [-0.39, 0.29) is 0 Å². The Kier molecular flexibility index (Phi) is 3.13. The van der Waals surface area contributed by atoms with Gasteiger partial charge in [0.25, 0.3) is 0 Å². The summed E-state index contributed by atoms with van der Waals surface area (Å²) < 4.78 is 8.19. The molecule has 0 saturated carbocycles. The standard InChI is InChI=1S/C17H10BrNOS/c18-12-7-5-11(6-8-12)14-9-10-15(20-14)17-19-13-3-1-2-4-16(13)21-17/h1-10H. The van der Waals surface area contributed by atoms with E-state index in [0.717, 1.165) is 32.1 Å². The second kappa shape index (κ2) is 5.13. The van der Waals surface area contributed by atoms with Crippen molar-refractivity contribution in [1.82, 2.24) is 4.98 Å². The van der Waals surface area contributed by atoms with Crippen LogP contribution in [0.15, 0.2) is 69.6 Å². The van der Waals surface area contributed by atoms with E-state index >= 15 is 0 Å². The highest BCUT2D eigenvalue weighted by atomic mass is 79.9. The fraction of sp³-hybridized carbons (Fsp3) is 0. The Morgan fingerprint density at radius 2 is 1.62 bits per heavy atom. The molecule has 0 unspecified atom stereocenters. The van der Waals surface area contributed by atoms with Crippen LogP contribution in [-0.2, 0) is 0 Å². The number of hydrogen-bond acceptors (Lipinski definition) is 3. The molecule has 0 N–H and O–H groups in total. The van der Waals surface area contributed by atoms with Crippen molar-refractivity contribution in [2.45, 2.75) is 0 Å². The van der Waals surface area contributed by atoms with E-state index < -0.39 is 0 Å². The van der Waals surface area contributed by atoms with Crippen molar-refractivity contribution in [3.05, 3.63) is 65.1 Å². The summed E-state index contributed by atoms with van der Waals surface area (Å²) in [6.45, 7) is 0. The maximum atomic E-state index is 5.96. The van der Waals surface area contributed by atoms with Gasteiger partial charge in [-0.15, -0.1) is 11.3 Å². The topological polar surface area (TPSA) is 26.0 Å². The van der Waals surface area contributed by atoms with Crippen LogP contribution in [0.2, 0.25) is 0 Å². The first-order chi connectivity index (χ1) is 10.3. The van der Waals surface area contributed by atoms with Crippen LogP contribution in [-0.4, -0.2) is 4.98 Å². The van der Waals surface area contributed by atoms with E-state index in [4.69, 9.17) is 4.42 Å². The molecule has 0 saturated heterocycles. The first-order valence-electron chi connectivity index (χ1n) is 6.51. The van der Waals surface area contributed by atoms with Crippen molar-refractivity contribution in [3.63, 3.8) is 0 Å². The number of hydrogen-bond donors (Lipinski definition) is 0. The summed E-state index contributed by atoms with van der Waals surface area (Å²) in [5.74, 6) is 1.67. The summed E-state index contributed by atoms with van der Waals surface area (Å²) in [6.07, 6.45) is 0. The van der Waals surface area contributed by atoms with Crippen LogP contribution >= 0.6 is 27.3 Å². The molecule has 0 amide bonds. The van der Waals surface area contributed by atoms with E-state index in [1.54, 1.807) is 11.3 Å². The number of benzene rings is 2. The molecule has 0 fully saturated rings. The molecular formula is C17H10BrNOS. The summed E-state index contributed by atoms with van der Waals surface area (Å²) in [5, 5.41) is 0.916. The van der Waals surface area contributed by atoms with Gasteiger partial charge in [0.15, 0.2) is 10.8 Å². The lowest BCUT2D eigenvalue weighted by atomic mass is 10.2. The van der Waals surface area contributed by atoms with Crippen LogP contribution in [0.1, 0.15) is 0 Å². The molecule has 21 heavy (non-hydrogen) atoms. The smallest absolute Gasteiger partial charge is 0.163 e. The molecule has 0 aliphatic carbocycles. The molecule has 0 radical (unpaired) electrons. The molecule has 2 aromatic heterocycles. The number of nitrogens with zero attached hydrogens (tertiary/aromatic N) is 1. The minimum Gasteiger partial charge on any atom is -0.454 e. The SMILES string of the molecule is Brc1ccc(-c2ccc(-c3nc4ccccc4s3)o2)cc1. The monoisotopic (exact) mass is 355 g/mol. The highest BCUT2D eigenvalue weighted by molar-refractivity contribution is 9.10. The molecule has 2 aromatic carbocycles. The summed E-state index contributed by atoms with van der Waals surface area (Å²) in [6, 6.07) is 20.2. The lowest BCUT2D eigenvalue weighted by molar-refractivity contribution is 0.597. The van der Waals surface area contributed by atoms with Gasteiger partial charge < -0.3 is 4.42 Å². The molecule has 0 atom stereocenters. The van der Waals surface area contributed by atoms with Crippen LogP contribution < -0.4 is 0 Å². The van der Waals surface area contributed by atoms with Gasteiger partial charge in [-0.25, -0.2) is 4.98 Å². The molecule has 2 heterocycles. The van der Waals surface area contributed by atoms with Crippen LogP contribution in [0, 0.1) is 0 Å². The van der Waals surface area contributed by atoms with Gasteiger partial charge in [-0.1, -0.05) is 40.2 Å². The Morgan fingerprint density at radius 3 is 2.43 bits per heavy atom. The molecule has 0 spiro atoms. The Labute approximate surface area is 134 Å². The van der Waals surface area contributed by atoms with Gasteiger partial charge in [0.2, 0.25) is 0 Å². The van der Waals surface area contributed by atoms with E-state index in [9.17, 15) is 0 Å². The van der Waals surface area contributed by atoms with Crippen molar-refractivity contribution in [2.75, 3.05) is 0 Å². The minimum absolute atomic E-state index is 0.814. The molecule has 4 rings (SSSR count). The fourth-order valence-electron chi connectivity index (χ4n) is 2.20. The lowest BCUT2D eigenvalue weighted by Crippen LogP contribution is -1.73. The Morgan fingerprint density at radius 1 is 0.857 bits per heavy atom. The predicted octanol–water partition coefficient (Wildman–Crippen LogP) is 5.99. The molecule has 102 valence electrons. The maximum Gasteiger partial charge on any atom is 0.163 e. The minimum atomic E-state index is 0.814. The van der Waals surface area contributed by atoms with Crippen LogP contribution in [0.25, 0.3) is 32.3 Å². The van der Waals surface area contributed by atoms with E-state index in [2.05, 4.69) is 27.0 Å². The fourth-order valence-corrected chi connectivity index (χ4v) is 3.39. The average Bonchev–Trinajstić information content (AvgIpc) is 3.14. The number of furan rings is 1. The van der Waals surface area contributed by atoms with Gasteiger partial charge in [0, 0.05) is 10.0 Å². The normalized spacial score (nSPS) is 11.1. The van der Waals surface area contributed by atoms with Crippen molar-refractivity contribution in [2.24, 2.45) is 0 Å². The molecule has 0 bridgehead atoms. The number of para-hydroxylation sites is 1. The molecule has 0 aliphatic heterocycles. The zero-order chi connectivity index (χ0) is 14.2. The summed E-state index contributed by atoms with van der Waals surface area (Å²) in [5.41, 5.74) is 2.07. The van der Waals surface area contributed by atoms with Crippen molar-refractivity contribution < 1.29 is 4.42 Å². The summed E-state index contributed by atoms with van der Waals surface area (Å²) in [7, 11) is 0. The van der Waals surface area contributed by atoms with Gasteiger partial charge in [0.05, 0.1) is 10.2 Å². The number of halogens is 1. The van der Waals surface area contributed by atoms with Crippen molar-refractivity contribution in [3.8, 4) is 22.1 Å². The Balaban J connectivity index is 1.75. The van der Waals surface area contributed by atoms with Gasteiger partial charge in [0.1, 0.15) is 5.76 Å². The summed E-state index contributed by atoms with van der Waals surface area (Å²) >= 11 is 5.09. The van der Waals surface area contributed by atoms with Gasteiger partial charge in [-0.3, -0.25) is 0 Å². The van der Waals surface area contributed by atoms with E-state index in [0.29, 0.717) is 0 Å². The Hall–Kier alpha value is -1.91. The molecule has 4 aromatic rings. The molecular weight excluding hydrogens is 346 g/mol. The lowest BCUT2D eigenvalue weighted by Gasteiger charge is -1.96. The number of thiazole rings is 1. The number of rotatable bonds is 2. The zero-order valence-corrected chi connectivity index (χ0v) is 13.3. The molecule has 0 aliphatic rings. The van der Waals surface area contributed by atoms with Gasteiger partial charge in [-0.05, 0) is 36.4 Å². The van der Waals surface area contributed by atoms with Crippen LogP contribution in [0.4, 0.5) is 0 Å². The third kappa shape index (κ3) is 2.41. The first-order valence-corrected chi connectivity index (χ1v) is 8.12. The van der Waals surface area contributed by atoms with E-state index in [1.807, 2.05) is 54.6 Å². The number of fused-ring (bicyclic) bond motifs is 1. The largest absolute Gasteiger partial charge is 0.454 e. The third-order valence-corrected chi connectivity index (χ3v) is 4.82. The summed E-state index contributed by atoms with van der Waals surface area (Å²) in [4.78, 5) is 4.62. The van der Waals surface area contributed by atoms with Crippen molar-refractivity contribution in [1.29, 1.82) is 0 Å². The molecule has 4 heteroatoms. The quantitative estimate of drug-likeness (QED) is 0.441. The maximum absolute atomic E-state index is 5.96. The van der Waals surface area contributed by atoms with Crippen LogP contribution in [0.5, 0.6) is 0 Å². The predicted molar refractivity (Wildman–Crippen MR) is 90.5 cm³/mol. The van der Waals surface area contributed by atoms with Crippen molar-refractivity contribution >= 4 is 37.5 Å². The second-order valence-electron chi connectivity index (χ2n) is 4.66. The zero-order valence-electron chi connectivity index (χ0n) is 10.9. The highest BCUT2D eigenvalue weighted by Crippen LogP contribution is 2.33. The van der Waals surface area contributed by atoms with Gasteiger partial charge >= 0.3 is 0 Å². The second-order valence-corrected chi connectivity index (χ2v) is 6.60. The average molecular weight is 356 g/mol.